The van der Waals surface area contributed by atoms with Crippen molar-refractivity contribution in [3.05, 3.63) is 34.9 Å². The van der Waals surface area contributed by atoms with E-state index in [4.69, 9.17) is 11.6 Å². The van der Waals surface area contributed by atoms with Gasteiger partial charge in [-0.1, -0.05) is 56.8 Å². The molecule has 2 N–H and O–H groups in total. The molecule has 2 fully saturated rings. The molecule has 1 saturated carbocycles. The summed E-state index contributed by atoms with van der Waals surface area (Å²) < 4.78 is 0. The van der Waals surface area contributed by atoms with Gasteiger partial charge in [0.1, 0.15) is 12.1 Å². The minimum Gasteiger partial charge on any atom is -0.347 e. The lowest BCUT2D eigenvalue weighted by Gasteiger charge is -2.30. The van der Waals surface area contributed by atoms with E-state index >= 15 is 0 Å². The summed E-state index contributed by atoms with van der Waals surface area (Å²) >= 11 is 5.94. The third kappa shape index (κ3) is 4.10. The molecule has 1 aromatic rings. The Morgan fingerprint density at radius 3 is 2.41 bits per heavy atom. The zero-order valence-corrected chi connectivity index (χ0v) is 16.5. The van der Waals surface area contributed by atoms with E-state index in [1.54, 1.807) is 12.1 Å². The quantitative estimate of drug-likeness (QED) is 0.755. The lowest BCUT2D eigenvalue weighted by molar-refractivity contribution is -0.136. The summed E-state index contributed by atoms with van der Waals surface area (Å²) in [5.41, 5.74) is 0.132. The Balaban J connectivity index is 1.68. The number of halogens is 1. The van der Waals surface area contributed by atoms with E-state index in [0.717, 1.165) is 29.7 Å². The summed E-state index contributed by atoms with van der Waals surface area (Å²) in [4.78, 5) is 38.8. The van der Waals surface area contributed by atoms with Crippen molar-refractivity contribution in [2.45, 2.75) is 57.5 Å². The lowest BCUT2D eigenvalue weighted by atomic mass is 9.82. The second-order valence-electron chi connectivity index (χ2n) is 7.80. The van der Waals surface area contributed by atoms with Gasteiger partial charge in [0.25, 0.3) is 5.91 Å². The van der Waals surface area contributed by atoms with Gasteiger partial charge in [0.05, 0.1) is 6.04 Å². The number of hydrogen-bond acceptors (Lipinski definition) is 3. The summed E-state index contributed by atoms with van der Waals surface area (Å²) in [7, 11) is 0. The molecular weight excluding hydrogens is 366 g/mol. The minimum absolute atomic E-state index is 0.142. The highest BCUT2D eigenvalue weighted by molar-refractivity contribution is 6.30. The highest BCUT2D eigenvalue weighted by Crippen LogP contribution is 2.33. The maximum atomic E-state index is 12.8. The van der Waals surface area contributed by atoms with E-state index < -0.39 is 11.6 Å². The molecule has 2 aliphatic rings. The number of benzene rings is 1. The lowest BCUT2D eigenvalue weighted by Crippen LogP contribution is -2.49. The number of amides is 4. The van der Waals surface area contributed by atoms with Crippen LogP contribution in [0.2, 0.25) is 5.02 Å². The van der Waals surface area contributed by atoms with Crippen LogP contribution in [-0.4, -0.2) is 34.8 Å². The molecule has 1 aliphatic carbocycles. The molecule has 27 heavy (non-hydrogen) atoms. The Kier molecular flexibility index (Phi) is 5.75. The highest BCUT2D eigenvalue weighted by atomic mass is 35.5. The molecule has 0 radical (unpaired) electrons. The molecule has 1 heterocycles. The van der Waals surface area contributed by atoms with Crippen LogP contribution in [0.25, 0.3) is 0 Å². The van der Waals surface area contributed by atoms with Gasteiger partial charge in [-0.2, -0.15) is 0 Å². The maximum Gasteiger partial charge on any atom is 0.325 e. The van der Waals surface area contributed by atoms with Gasteiger partial charge in [-0.05, 0) is 36.5 Å². The molecule has 0 aromatic heterocycles. The first-order valence-electron chi connectivity index (χ1n) is 9.51. The van der Waals surface area contributed by atoms with Crippen LogP contribution < -0.4 is 10.6 Å². The molecule has 146 valence electrons. The van der Waals surface area contributed by atoms with Crippen LogP contribution in [-0.2, 0) is 9.59 Å². The van der Waals surface area contributed by atoms with Crippen LogP contribution >= 0.6 is 11.6 Å². The molecule has 1 atom stereocenters. The van der Waals surface area contributed by atoms with Crippen molar-refractivity contribution in [2.24, 2.45) is 5.92 Å². The SMILES string of the molecule is CC(C)C(NC(=O)CN1C(=O)NC2(CCCCC2)C1=O)c1ccc(Cl)cc1. The second-order valence-corrected chi connectivity index (χ2v) is 8.24. The Morgan fingerprint density at radius 2 is 1.81 bits per heavy atom. The Labute approximate surface area is 164 Å². The second kappa shape index (κ2) is 7.89. The first-order valence-corrected chi connectivity index (χ1v) is 9.89. The normalized spacial score (nSPS) is 20.1. The standard InChI is InChI=1S/C20H26ClN3O3/c1-13(2)17(14-6-8-15(21)9-7-14)22-16(25)12-24-18(26)20(23-19(24)27)10-4-3-5-11-20/h6-9,13,17H,3-5,10-12H2,1-2H3,(H,22,25)(H,23,27). The van der Waals surface area contributed by atoms with Crippen LogP contribution in [0.15, 0.2) is 24.3 Å². The predicted molar refractivity (Wildman–Crippen MR) is 103 cm³/mol. The van der Waals surface area contributed by atoms with Crippen molar-refractivity contribution < 1.29 is 14.4 Å². The fourth-order valence-corrected chi connectivity index (χ4v) is 4.11. The zero-order chi connectivity index (χ0) is 19.6. The number of carbonyl (C=O) groups is 3. The molecule has 1 unspecified atom stereocenters. The fourth-order valence-electron chi connectivity index (χ4n) is 3.98. The highest BCUT2D eigenvalue weighted by Gasteiger charge is 2.51. The van der Waals surface area contributed by atoms with Crippen molar-refractivity contribution in [1.29, 1.82) is 0 Å². The average Bonchev–Trinajstić information content (AvgIpc) is 2.85. The van der Waals surface area contributed by atoms with Gasteiger partial charge in [0, 0.05) is 5.02 Å². The Hall–Kier alpha value is -2.08. The summed E-state index contributed by atoms with van der Waals surface area (Å²) in [5.74, 6) is -0.474. The first-order chi connectivity index (χ1) is 12.8. The molecule has 1 saturated heterocycles. The third-order valence-electron chi connectivity index (χ3n) is 5.47. The smallest absolute Gasteiger partial charge is 0.325 e. The number of imide groups is 1. The summed E-state index contributed by atoms with van der Waals surface area (Å²) in [6.07, 6.45) is 4.20. The molecule has 7 heteroatoms. The predicted octanol–water partition coefficient (Wildman–Crippen LogP) is 3.41. The van der Waals surface area contributed by atoms with Crippen LogP contribution in [0, 0.1) is 5.92 Å². The molecular formula is C20H26ClN3O3. The number of rotatable bonds is 5. The summed E-state index contributed by atoms with van der Waals surface area (Å²) in [5, 5.41) is 6.42. The fraction of sp³-hybridized carbons (Fsp3) is 0.550. The van der Waals surface area contributed by atoms with Gasteiger partial charge in [-0.15, -0.1) is 0 Å². The van der Waals surface area contributed by atoms with Gasteiger partial charge >= 0.3 is 6.03 Å². The van der Waals surface area contributed by atoms with E-state index in [1.165, 1.54) is 0 Å². The molecule has 4 amide bonds. The summed E-state index contributed by atoms with van der Waals surface area (Å²) in [6.45, 7) is 3.75. The van der Waals surface area contributed by atoms with Gasteiger partial charge < -0.3 is 10.6 Å². The van der Waals surface area contributed by atoms with Crippen LogP contribution in [0.3, 0.4) is 0 Å². The van der Waals surface area contributed by atoms with Crippen LogP contribution in [0.1, 0.15) is 57.6 Å². The van der Waals surface area contributed by atoms with E-state index in [1.807, 2.05) is 26.0 Å². The monoisotopic (exact) mass is 391 g/mol. The Bertz CT molecular complexity index is 726. The van der Waals surface area contributed by atoms with Crippen molar-refractivity contribution >= 4 is 29.4 Å². The first kappa shape index (κ1) is 19.7. The average molecular weight is 392 g/mol. The zero-order valence-electron chi connectivity index (χ0n) is 15.8. The van der Waals surface area contributed by atoms with Gasteiger partial charge in [0.2, 0.25) is 5.91 Å². The van der Waals surface area contributed by atoms with Gasteiger partial charge in [-0.3, -0.25) is 14.5 Å². The number of urea groups is 1. The van der Waals surface area contributed by atoms with E-state index in [2.05, 4.69) is 10.6 Å². The maximum absolute atomic E-state index is 12.8. The number of nitrogens with zero attached hydrogens (tertiary/aromatic N) is 1. The molecule has 6 nitrogen and oxygen atoms in total. The van der Waals surface area contributed by atoms with Crippen molar-refractivity contribution in [3.8, 4) is 0 Å². The molecule has 1 aliphatic heterocycles. The van der Waals surface area contributed by atoms with E-state index in [-0.39, 0.29) is 30.3 Å². The van der Waals surface area contributed by atoms with E-state index in [9.17, 15) is 14.4 Å². The van der Waals surface area contributed by atoms with Crippen LogP contribution in [0.4, 0.5) is 4.79 Å². The van der Waals surface area contributed by atoms with Crippen LogP contribution in [0.5, 0.6) is 0 Å². The van der Waals surface area contributed by atoms with Crippen molar-refractivity contribution in [2.75, 3.05) is 6.54 Å². The number of carbonyl (C=O) groups excluding carboxylic acids is 3. The summed E-state index contributed by atoms with van der Waals surface area (Å²) in [6, 6.07) is 6.62. The minimum atomic E-state index is -0.802. The van der Waals surface area contributed by atoms with Crippen molar-refractivity contribution in [3.63, 3.8) is 0 Å². The topological polar surface area (TPSA) is 78.5 Å². The molecule has 0 bridgehead atoms. The van der Waals surface area contributed by atoms with Crippen molar-refractivity contribution in [1.82, 2.24) is 15.5 Å². The largest absolute Gasteiger partial charge is 0.347 e. The Morgan fingerprint density at radius 1 is 1.19 bits per heavy atom. The number of nitrogens with one attached hydrogen (secondary N) is 2. The number of hydrogen-bond donors (Lipinski definition) is 2. The third-order valence-corrected chi connectivity index (χ3v) is 5.72. The molecule has 3 rings (SSSR count). The van der Waals surface area contributed by atoms with Gasteiger partial charge in [0.15, 0.2) is 0 Å². The molecule has 1 spiro atoms. The van der Waals surface area contributed by atoms with Gasteiger partial charge in [-0.25, -0.2) is 4.79 Å². The van der Waals surface area contributed by atoms with E-state index in [0.29, 0.717) is 17.9 Å². The molecule has 1 aromatic carbocycles.